The average Bonchev–Trinajstić information content (AvgIpc) is 3.11. The van der Waals surface area contributed by atoms with Crippen molar-refractivity contribution in [2.45, 2.75) is 45.8 Å². The zero-order chi connectivity index (χ0) is 18.6. The summed E-state index contributed by atoms with van der Waals surface area (Å²) < 4.78 is 7.00. The molecule has 136 valence electrons. The molecule has 0 aliphatic carbocycles. The van der Waals surface area contributed by atoms with Gasteiger partial charge in [0.15, 0.2) is 5.16 Å². The number of rotatable bonds is 7. The molecular weight excluding hydrogens is 360 g/mol. The van der Waals surface area contributed by atoms with E-state index < -0.39 is 5.97 Å². The molecule has 2 aromatic rings. The number of nitrogens with zero attached hydrogens (tertiary/aromatic N) is 3. The van der Waals surface area contributed by atoms with Crippen molar-refractivity contribution in [2.24, 2.45) is 0 Å². The number of nitrogens with one attached hydrogen (secondary N) is 1. The molecule has 0 radical (unpaired) electrons. The summed E-state index contributed by atoms with van der Waals surface area (Å²) in [5.74, 6) is -0.425. The Kier molecular flexibility index (Phi) is 6.60. The molecule has 0 saturated heterocycles. The molecule has 2 heterocycles. The van der Waals surface area contributed by atoms with Crippen molar-refractivity contribution in [3.8, 4) is 0 Å². The molecular formula is C16H22N4O3S2. The second-order valence-electron chi connectivity index (χ2n) is 5.66. The first-order valence-corrected chi connectivity index (χ1v) is 9.74. The number of carbonyl (C=O) groups excluding carboxylic acids is 2. The van der Waals surface area contributed by atoms with Crippen LogP contribution in [0.2, 0.25) is 0 Å². The van der Waals surface area contributed by atoms with Crippen LogP contribution in [0.1, 0.15) is 47.6 Å². The minimum absolute atomic E-state index is 0.184. The van der Waals surface area contributed by atoms with Gasteiger partial charge in [-0.25, -0.2) is 4.79 Å². The fraction of sp³-hybridized carbons (Fsp3) is 0.500. The molecule has 1 amide bonds. The van der Waals surface area contributed by atoms with Gasteiger partial charge in [0.05, 0.1) is 17.9 Å². The third-order valence-electron chi connectivity index (χ3n) is 3.55. The van der Waals surface area contributed by atoms with Gasteiger partial charge >= 0.3 is 5.97 Å². The van der Waals surface area contributed by atoms with Gasteiger partial charge < -0.3 is 14.6 Å². The SMILES string of the molecule is CCOC(=O)c1c(NC(=O)CSc2nncn2C(C)C)sc(C)c1C. The molecule has 0 fully saturated rings. The van der Waals surface area contributed by atoms with Crippen LogP contribution in [0.25, 0.3) is 0 Å². The Morgan fingerprint density at radius 2 is 2.12 bits per heavy atom. The highest BCUT2D eigenvalue weighted by molar-refractivity contribution is 7.99. The quantitative estimate of drug-likeness (QED) is 0.583. The van der Waals surface area contributed by atoms with Crippen LogP contribution in [-0.4, -0.2) is 39.0 Å². The summed E-state index contributed by atoms with van der Waals surface area (Å²) in [6.07, 6.45) is 1.65. The molecule has 0 saturated carbocycles. The molecule has 0 atom stereocenters. The van der Waals surface area contributed by atoms with Crippen molar-refractivity contribution in [1.82, 2.24) is 14.8 Å². The number of aromatic nitrogens is 3. The maximum atomic E-state index is 12.3. The van der Waals surface area contributed by atoms with Gasteiger partial charge in [0, 0.05) is 10.9 Å². The summed E-state index contributed by atoms with van der Waals surface area (Å²) in [4.78, 5) is 25.4. The Morgan fingerprint density at radius 1 is 1.40 bits per heavy atom. The zero-order valence-corrected chi connectivity index (χ0v) is 16.6. The summed E-state index contributed by atoms with van der Waals surface area (Å²) in [5.41, 5.74) is 1.28. The molecule has 7 nitrogen and oxygen atoms in total. The van der Waals surface area contributed by atoms with E-state index in [1.54, 1.807) is 13.3 Å². The minimum atomic E-state index is -0.410. The van der Waals surface area contributed by atoms with Gasteiger partial charge in [-0.05, 0) is 40.2 Å². The number of hydrogen-bond donors (Lipinski definition) is 1. The Balaban J connectivity index is 2.07. The van der Waals surface area contributed by atoms with Crippen LogP contribution in [-0.2, 0) is 9.53 Å². The van der Waals surface area contributed by atoms with E-state index in [1.807, 2.05) is 32.3 Å². The number of aryl methyl sites for hydroxylation is 1. The van der Waals surface area contributed by atoms with Crippen LogP contribution in [0.3, 0.4) is 0 Å². The minimum Gasteiger partial charge on any atom is -0.462 e. The molecule has 9 heteroatoms. The number of esters is 1. The van der Waals surface area contributed by atoms with Crippen molar-refractivity contribution < 1.29 is 14.3 Å². The van der Waals surface area contributed by atoms with Crippen LogP contribution in [0.5, 0.6) is 0 Å². The predicted octanol–water partition coefficient (Wildman–Crippen LogP) is 3.44. The molecule has 1 N–H and O–H groups in total. The lowest BCUT2D eigenvalue weighted by Crippen LogP contribution is -2.17. The lowest BCUT2D eigenvalue weighted by molar-refractivity contribution is -0.113. The number of thiophene rings is 1. The molecule has 0 aromatic carbocycles. The lowest BCUT2D eigenvalue weighted by atomic mass is 10.1. The molecule has 0 unspecified atom stereocenters. The van der Waals surface area contributed by atoms with E-state index in [2.05, 4.69) is 15.5 Å². The zero-order valence-electron chi connectivity index (χ0n) is 15.0. The van der Waals surface area contributed by atoms with Gasteiger partial charge in [-0.15, -0.1) is 21.5 Å². The van der Waals surface area contributed by atoms with Crippen molar-refractivity contribution >= 4 is 40.0 Å². The number of carbonyl (C=O) groups is 2. The second kappa shape index (κ2) is 8.48. The Hall–Kier alpha value is -1.87. The summed E-state index contributed by atoms with van der Waals surface area (Å²) in [5, 5.41) is 12.0. The summed E-state index contributed by atoms with van der Waals surface area (Å²) in [6.45, 7) is 9.87. The fourth-order valence-corrected chi connectivity index (χ4v) is 4.06. The van der Waals surface area contributed by atoms with E-state index in [4.69, 9.17) is 4.74 Å². The second-order valence-corrected chi connectivity index (χ2v) is 7.83. The van der Waals surface area contributed by atoms with Gasteiger partial charge in [0.25, 0.3) is 0 Å². The van der Waals surface area contributed by atoms with Crippen LogP contribution in [0.15, 0.2) is 11.5 Å². The smallest absolute Gasteiger partial charge is 0.341 e. The molecule has 0 spiro atoms. The standard InChI is InChI=1S/C16H22N4O3S2/c1-6-23-15(22)13-10(4)11(5)25-14(13)18-12(21)7-24-16-19-17-8-20(16)9(2)3/h8-9H,6-7H2,1-5H3,(H,18,21). The van der Waals surface area contributed by atoms with Crippen LogP contribution >= 0.6 is 23.1 Å². The first-order valence-electron chi connectivity index (χ1n) is 7.94. The fourth-order valence-electron chi connectivity index (χ4n) is 2.15. The molecule has 2 rings (SSSR count). The number of anilines is 1. The normalized spacial score (nSPS) is 11.0. The van der Waals surface area contributed by atoms with E-state index in [9.17, 15) is 9.59 Å². The number of amides is 1. The van der Waals surface area contributed by atoms with Crippen molar-refractivity contribution in [1.29, 1.82) is 0 Å². The topological polar surface area (TPSA) is 86.1 Å². The van der Waals surface area contributed by atoms with E-state index in [0.29, 0.717) is 22.3 Å². The predicted molar refractivity (Wildman–Crippen MR) is 99.5 cm³/mol. The maximum absolute atomic E-state index is 12.3. The third-order valence-corrected chi connectivity index (χ3v) is 5.63. The molecule has 0 aliphatic heterocycles. The molecule has 0 bridgehead atoms. The summed E-state index contributed by atoms with van der Waals surface area (Å²) in [6, 6.07) is 0.221. The Bertz CT molecular complexity index is 768. The van der Waals surface area contributed by atoms with Gasteiger partial charge in [-0.3, -0.25) is 4.79 Å². The van der Waals surface area contributed by atoms with Gasteiger partial charge in [-0.1, -0.05) is 11.8 Å². The first kappa shape index (κ1) is 19.5. The largest absolute Gasteiger partial charge is 0.462 e. The Labute approximate surface area is 155 Å². The van der Waals surface area contributed by atoms with E-state index >= 15 is 0 Å². The summed E-state index contributed by atoms with van der Waals surface area (Å²) in [7, 11) is 0. The molecule has 0 aliphatic rings. The first-order chi connectivity index (χ1) is 11.8. The highest BCUT2D eigenvalue weighted by Crippen LogP contribution is 2.33. The Morgan fingerprint density at radius 3 is 2.76 bits per heavy atom. The van der Waals surface area contributed by atoms with Crippen molar-refractivity contribution in [2.75, 3.05) is 17.7 Å². The van der Waals surface area contributed by atoms with Gasteiger partial charge in [0.2, 0.25) is 5.91 Å². The van der Waals surface area contributed by atoms with E-state index in [0.717, 1.165) is 10.4 Å². The third kappa shape index (κ3) is 4.60. The van der Waals surface area contributed by atoms with Crippen molar-refractivity contribution in [3.63, 3.8) is 0 Å². The monoisotopic (exact) mass is 382 g/mol. The lowest BCUT2D eigenvalue weighted by Gasteiger charge is -2.09. The number of hydrogen-bond acceptors (Lipinski definition) is 7. The van der Waals surface area contributed by atoms with Crippen LogP contribution in [0, 0.1) is 13.8 Å². The molecule has 2 aromatic heterocycles. The highest BCUT2D eigenvalue weighted by atomic mass is 32.2. The molecule has 25 heavy (non-hydrogen) atoms. The van der Waals surface area contributed by atoms with Crippen molar-refractivity contribution in [3.05, 3.63) is 22.3 Å². The van der Waals surface area contributed by atoms with E-state index in [-0.39, 0.29) is 17.7 Å². The van der Waals surface area contributed by atoms with Crippen LogP contribution in [0.4, 0.5) is 5.00 Å². The highest BCUT2D eigenvalue weighted by Gasteiger charge is 2.22. The van der Waals surface area contributed by atoms with Crippen LogP contribution < -0.4 is 5.32 Å². The number of thioether (sulfide) groups is 1. The van der Waals surface area contributed by atoms with Gasteiger partial charge in [0.1, 0.15) is 11.3 Å². The number of ether oxygens (including phenoxy) is 1. The maximum Gasteiger partial charge on any atom is 0.341 e. The van der Waals surface area contributed by atoms with E-state index in [1.165, 1.54) is 23.1 Å². The average molecular weight is 383 g/mol. The van der Waals surface area contributed by atoms with Gasteiger partial charge in [-0.2, -0.15) is 0 Å². The summed E-state index contributed by atoms with van der Waals surface area (Å²) >= 11 is 2.69.